The molecule has 1 aliphatic rings. The lowest BCUT2D eigenvalue weighted by Gasteiger charge is -2.10. The quantitative estimate of drug-likeness (QED) is 0.642. The fourth-order valence-corrected chi connectivity index (χ4v) is 2.02. The van der Waals surface area contributed by atoms with Gasteiger partial charge in [0.2, 0.25) is 0 Å². The molecule has 1 aromatic heterocycles. The van der Waals surface area contributed by atoms with Crippen LogP contribution in [0.25, 0.3) is 0 Å². The van der Waals surface area contributed by atoms with Crippen molar-refractivity contribution in [3.8, 4) is 6.07 Å². The van der Waals surface area contributed by atoms with Crippen LogP contribution in [-0.2, 0) is 9.59 Å². The summed E-state index contributed by atoms with van der Waals surface area (Å²) >= 11 is 1.20. The normalized spacial score (nSPS) is 14.9. The number of anilines is 1. The average Bonchev–Trinajstić information content (AvgIpc) is 2.73. The average molecular weight is 204 g/mol. The Hall–Kier alpha value is -1.93. The van der Waals surface area contributed by atoms with Gasteiger partial charge in [-0.15, -0.1) is 11.3 Å². The smallest absolute Gasteiger partial charge is 0.258 e. The Morgan fingerprint density at radius 3 is 2.50 bits per heavy atom. The van der Waals surface area contributed by atoms with Gasteiger partial charge in [0.1, 0.15) is 11.1 Å². The van der Waals surface area contributed by atoms with Crippen molar-refractivity contribution in [2.45, 2.75) is 0 Å². The number of hydrogen-bond donors (Lipinski definition) is 0. The molecule has 2 amide bonds. The summed E-state index contributed by atoms with van der Waals surface area (Å²) in [7, 11) is 0. The molecule has 0 fully saturated rings. The van der Waals surface area contributed by atoms with Gasteiger partial charge in [0.25, 0.3) is 11.8 Å². The van der Waals surface area contributed by atoms with E-state index in [0.29, 0.717) is 10.6 Å². The number of imide groups is 1. The Morgan fingerprint density at radius 2 is 1.93 bits per heavy atom. The fraction of sp³-hybridized carbons (Fsp3) is 0. The predicted octanol–water partition coefficient (Wildman–Crippen LogP) is 1.05. The maximum absolute atomic E-state index is 11.3. The molecule has 5 heteroatoms. The van der Waals surface area contributed by atoms with E-state index in [1.165, 1.54) is 23.5 Å². The van der Waals surface area contributed by atoms with Crippen molar-refractivity contribution < 1.29 is 9.59 Å². The van der Waals surface area contributed by atoms with E-state index in [0.717, 1.165) is 4.90 Å². The first-order chi connectivity index (χ1) is 6.74. The third-order valence-electron chi connectivity index (χ3n) is 1.78. The first-order valence-corrected chi connectivity index (χ1v) is 4.65. The van der Waals surface area contributed by atoms with E-state index >= 15 is 0 Å². The summed E-state index contributed by atoms with van der Waals surface area (Å²) in [5.74, 6) is -0.789. The van der Waals surface area contributed by atoms with Crippen LogP contribution in [0.5, 0.6) is 0 Å². The van der Waals surface area contributed by atoms with Crippen molar-refractivity contribution in [1.29, 1.82) is 5.26 Å². The molecular weight excluding hydrogens is 200 g/mol. The van der Waals surface area contributed by atoms with Gasteiger partial charge in [-0.1, -0.05) is 0 Å². The second-order valence-electron chi connectivity index (χ2n) is 2.60. The summed E-state index contributed by atoms with van der Waals surface area (Å²) in [5.41, 5.74) is 0.348. The van der Waals surface area contributed by atoms with E-state index in [-0.39, 0.29) is 0 Å². The number of carbonyl (C=O) groups is 2. The predicted molar refractivity (Wildman–Crippen MR) is 50.7 cm³/mol. The van der Waals surface area contributed by atoms with Gasteiger partial charge in [0, 0.05) is 12.2 Å². The Bertz CT molecular complexity index is 463. The fourth-order valence-electron chi connectivity index (χ4n) is 1.16. The monoisotopic (exact) mass is 204 g/mol. The van der Waals surface area contributed by atoms with E-state index in [1.54, 1.807) is 11.4 Å². The molecule has 0 N–H and O–H groups in total. The number of thiophene rings is 1. The minimum atomic E-state index is -0.394. The second-order valence-corrected chi connectivity index (χ2v) is 3.49. The third kappa shape index (κ3) is 1.13. The highest BCUT2D eigenvalue weighted by molar-refractivity contribution is 7.15. The molecule has 1 aliphatic heterocycles. The Labute approximate surface area is 83.7 Å². The molecule has 0 bridgehead atoms. The highest BCUT2D eigenvalue weighted by Crippen LogP contribution is 2.29. The molecular formula is C9H4N2O2S. The third-order valence-corrected chi connectivity index (χ3v) is 2.68. The van der Waals surface area contributed by atoms with Crippen molar-refractivity contribution in [3.05, 3.63) is 29.2 Å². The van der Waals surface area contributed by atoms with E-state index in [2.05, 4.69) is 0 Å². The summed E-state index contributed by atoms with van der Waals surface area (Å²) in [6, 6.07) is 3.51. The number of nitriles is 1. The topological polar surface area (TPSA) is 61.2 Å². The zero-order chi connectivity index (χ0) is 10.1. The summed E-state index contributed by atoms with van der Waals surface area (Å²) in [4.78, 5) is 23.5. The number of amides is 2. The van der Waals surface area contributed by atoms with Crippen LogP contribution in [0, 0.1) is 11.3 Å². The highest BCUT2D eigenvalue weighted by atomic mass is 32.1. The minimum Gasteiger partial charge on any atom is -0.269 e. The van der Waals surface area contributed by atoms with Crippen LogP contribution >= 0.6 is 11.3 Å². The number of carbonyl (C=O) groups excluding carboxylic acids is 2. The number of hydrogen-bond acceptors (Lipinski definition) is 4. The number of rotatable bonds is 1. The molecule has 0 saturated heterocycles. The van der Waals surface area contributed by atoms with Crippen molar-refractivity contribution >= 4 is 28.2 Å². The van der Waals surface area contributed by atoms with Crippen LogP contribution in [-0.4, -0.2) is 11.8 Å². The first-order valence-electron chi connectivity index (χ1n) is 3.78. The molecule has 68 valence electrons. The van der Waals surface area contributed by atoms with Crippen LogP contribution in [0.15, 0.2) is 23.6 Å². The van der Waals surface area contributed by atoms with Gasteiger partial charge in [0.05, 0.1) is 5.56 Å². The van der Waals surface area contributed by atoms with Crippen LogP contribution in [0.1, 0.15) is 5.56 Å². The van der Waals surface area contributed by atoms with Crippen molar-refractivity contribution in [3.63, 3.8) is 0 Å². The molecule has 0 unspecified atom stereocenters. The second kappa shape index (κ2) is 3.09. The standard InChI is InChI=1S/C9H4N2O2S/c10-5-6-3-4-14-9(6)11-7(12)1-2-8(11)13/h1-4H. The lowest BCUT2D eigenvalue weighted by molar-refractivity contribution is -0.119. The van der Waals surface area contributed by atoms with E-state index in [9.17, 15) is 9.59 Å². The van der Waals surface area contributed by atoms with Crippen LogP contribution in [0.2, 0.25) is 0 Å². The molecule has 0 radical (unpaired) electrons. The van der Waals surface area contributed by atoms with Gasteiger partial charge < -0.3 is 0 Å². The van der Waals surface area contributed by atoms with E-state index in [4.69, 9.17) is 5.26 Å². The molecule has 0 atom stereocenters. The maximum atomic E-state index is 11.3. The Morgan fingerprint density at radius 1 is 1.29 bits per heavy atom. The van der Waals surface area contributed by atoms with Gasteiger partial charge in [0.15, 0.2) is 0 Å². The van der Waals surface area contributed by atoms with Gasteiger partial charge >= 0.3 is 0 Å². The summed E-state index contributed by atoms with van der Waals surface area (Å²) in [6.07, 6.45) is 2.40. The van der Waals surface area contributed by atoms with Crippen molar-refractivity contribution in [2.24, 2.45) is 0 Å². The van der Waals surface area contributed by atoms with Gasteiger partial charge in [-0.25, -0.2) is 4.90 Å². The summed E-state index contributed by atoms with van der Waals surface area (Å²) < 4.78 is 0. The van der Waals surface area contributed by atoms with Crippen LogP contribution < -0.4 is 4.90 Å². The molecule has 4 nitrogen and oxygen atoms in total. The Kier molecular flexibility index (Phi) is 1.91. The molecule has 2 rings (SSSR count). The molecule has 14 heavy (non-hydrogen) atoms. The highest BCUT2D eigenvalue weighted by Gasteiger charge is 2.28. The lowest BCUT2D eigenvalue weighted by atomic mass is 10.3. The van der Waals surface area contributed by atoms with E-state index in [1.807, 2.05) is 6.07 Å². The molecule has 2 heterocycles. The van der Waals surface area contributed by atoms with Crippen LogP contribution in [0.3, 0.4) is 0 Å². The van der Waals surface area contributed by atoms with Gasteiger partial charge in [-0.05, 0) is 11.4 Å². The van der Waals surface area contributed by atoms with Crippen molar-refractivity contribution in [1.82, 2.24) is 0 Å². The zero-order valence-electron chi connectivity index (χ0n) is 6.93. The number of nitrogens with zero attached hydrogens (tertiary/aromatic N) is 2. The molecule has 1 aromatic rings. The SMILES string of the molecule is N#Cc1ccsc1N1C(=O)C=CC1=O. The Balaban J connectivity index is 2.47. The minimum absolute atomic E-state index is 0.348. The molecule has 0 aliphatic carbocycles. The van der Waals surface area contributed by atoms with Crippen LogP contribution in [0.4, 0.5) is 5.00 Å². The lowest BCUT2D eigenvalue weighted by Crippen LogP contribution is -2.29. The summed E-state index contributed by atoms with van der Waals surface area (Å²) in [6.45, 7) is 0. The van der Waals surface area contributed by atoms with E-state index < -0.39 is 11.8 Å². The summed E-state index contributed by atoms with van der Waals surface area (Å²) in [5, 5.41) is 10.8. The first kappa shape index (κ1) is 8.66. The maximum Gasteiger partial charge on any atom is 0.258 e. The van der Waals surface area contributed by atoms with Gasteiger partial charge in [-0.2, -0.15) is 5.26 Å². The largest absolute Gasteiger partial charge is 0.269 e. The van der Waals surface area contributed by atoms with Gasteiger partial charge in [-0.3, -0.25) is 9.59 Å². The molecule has 0 aromatic carbocycles. The zero-order valence-corrected chi connectivity index (χ0v) is 7.75. The van der Waals surface area contributed by atoms with Crippen molar-refractivity contribution in [2.75, 3.05) is 4.90 Å². The molecule has 0 saturated carbocycles. The molecule has 0 spiro atoms.